The normalized spacial score (nSPS) is 10.4. The van der Waals surface area contributed by atoms with Crippen LogP contribution in [0.1, 0.15) is 21.7 Å². The highest BCUT2D eigenvalue weighted by atomic mass is 79.9. The Morgan fingerprint density at radius 1 is 1.32 bits per heavy atom. The molecule has 0 atom stereocenters. The fourth-order valence-corrected chi connectivity index (χ4v) is 2.37. The molecule has 0 aliphatic rings. The minimum absolute atomic E-state index is 0.211. The predicted octanol–water partition coefficient (Wildman–Crippen LogP) is 2.46. The number of ether oxygens (including phenoxy) is 1. The van der Waals surface area contributed by atoms with E-state index in [-0.39, 0.29) is 18.0 Å². The molecule has 22 heavy (non-hydrogen) atoms. The summed E-state index contributed by atoms with van der Waals surface area (Å²) in [6.07, 6.45) is 0.211. The number of benzene rings is 1. The summed E-state index contributed by atoms with van der Waals surface area (Å²) in [5, 5.41) is 6.89. The minimum atomic E-state index is -0.540. The molecule has 0 spiro atoms. The molecule has 1 amide bonds. The summed E-state index contributed by atoms with van der Waals surface area (Å²) in [5.74, 6) is -0.759. The zero-order valence-corrected chi connectivity index (χ0v) is 14.1. The number of hydrogen-bond acceptors (Lipinski definition) is 4. The van der Waals surface area contributed by atoms with Gasteiger partial charge in [0.1, 0.15) is 0 Å². The van der Waals surface area contributed by atoms with Gasteiger partial charge in [-0.1, -0.05) is 28.1 Å². The van der Waals surface area contributed by atoms with Crippen molar-refractivity contribution in [2.75, 3.05) is 12.4 Å². The largest absolute Gasteiger partial charge is 0.464 e. The Hall–Kier alpha value is -2.15. The molecule has 0 unspecified atom stereocenters. The third kappa shape index (κ3) is 3.54. The number of aromatic nitrogens is 2. The molecular weight excluding hydrogens is 350 g/mol. The molecule has 2 rings (SSSR count). The van der Waals surface area contributed by atoms with Crippen molar-refractivity contribution < 1.29 is 14.3 Å². The van der Waals surface area contributed by atoms with Crippen LogP contribution in [0.15, 0.2) is 28.7 Å². The zero-order chi connectivity index (χ0) is 16.3. The second-order valence-electron chi connectivity index (χ2n) is 4.78. The molecule has 7 heteroatoms. The lowest BCUT2D eigenvalue weighted by atomic mass is 10.1. The first-order valence-electron chi connectivity index (χ1n) is 6.58. The van der Waals surface area contributed by atoms with Gasteiger partial charge < -0.3 is 10.1 Å². The third-order valence-corrected chi connectivity index (χ3v) is 3.67. The average Bonchev–Trinajstić information content (AvgIpc) is 2.75. The summed E-state index contributed by atoms with van der Waals surface area (Å²) in [6, 6.07) is 7.47. The number of anilines is 1. The van der Waals surface area contributed by atoms with E-state index in [1.165, 1.54) is 11.8 Å². The van der Waals surface area contributed by atoms with Crippen molar-refractivity contribution in [2.45, 2.75) is 13.3 Å². The third-order valence-electron chi connectivity index (χ3n) is 3.14. The maximum atomic E-state index is 12.2. The molecule has 0 saturated carbocycles. The van der Waals surface area contributed by atoms with Crippen LogP contribution in [0.5, 0.6) is 0 Å². The van der Waals surface area contributed by atoms with E-state index in [2.05, 4.69) is 26.3 Å². The highest BCUT2D eigenvalue weighted by Crippen LogP contribution is 2.21. The molecule has 0 aliphatic carbocycles. The lowest BCUT2D eigenvalue weighted by Crippen LogP contribution is -2.18. The second-order valence-corrected chi connectivity index (χ2v) is 5.69. The fraction of sp³-hybridized carbons (Fsp3) is 0.267. The first-order chi connectivity index (χ1) is 10.4. The molecule has 1 N–H and O–H groups in total. The van der Waals surface area contributed by atoms with Gasteiger partial charge in [-0.3, -0.25) is 9.48 Å². The van der Waals surface area contributed by atoms with E-state index in [9.17, 15) is 9.59 Å². The number of nitrogens with zero attached hydrogens (tertiary/aromatic N) is 2. The zero-order valence-electron chi connectivity index (χ0n) is 12.5. The number of halogens is 1. The quantitative estimate of drug-likeness (QED) is 0.844. The number of methoxy groups -OCH3 is 1. The topological polar surface area (TPSA) is 73.2 Å². The van der Waals surface area contributed by atoms with Crippen LogP contribution in [0.4, 0.5) is 5.69 Å². The highest BCUT2D eigenvalue weighted by molar-refractivity contribution is 9.10. The molecule has 1 aromatic carbocycles. The summed E-state index contributed by atoms with van der Waals surface area (Å²) in [5.41, 5.74) is 2.05. The molecule has 0 saturated heterocycles. The van der Waals surface area contributed by atoms with Crippen LogP contribution in [0.2, 0.25) is 0 Å². The molecule has 0 radical (unpaired) electrons. The Bertz CT molecular complexity index is 708. The van der Waals surface area contributed by atoms with Crippen LogP contribution in [-0.4, -0.2) is 28.8 Å². The van der Waals surface area contributed by atoms with Crippen molar-refractivity contribution in [3.05, 3.63) is 45.7 Å². The Kier molecular flexibility index (Phi) is 4.97. The van der Waals surface area contributed by atoms with Crippen molar-refractivity contribution >= 4 is 33.5 Å². The Morgan fingerprint density at radius 2 is 1.95 bits per heavy atom. The van der Waals surface area contributed by atoms with Gasteiger partial charge in [0.05, 0.1) is 24.9 Å². The molecule has 116 valence electrons. The van der Waals surface area contributed by atoms with Gasteiger partial charge in [-0.25, -0.2) is 4.79 Å². The lowest BCUT2D eigenvalue weighted by molar-refractivity contribution is -0.115. The summed E-state index contributed by atoms with van der Waals surface area (Å²) in [4.78, 5) is 24.0. The van der Waals surface area contributed by atoms with Gasteiger partial charge in [-0.2, -0.15) is 5.10 Å². The number of amides is 1. The van der Waals surface area contributed by atoms with Crippen LogP contribution < -0.4 is 5.32 Å². The monoisotopic (exact) mass is 365 g/mol. The van der Waals surface area contributed by atoms with Crippen LogP contribution >= 0.6 is 15.9 Å². The van der Waals surface area contributed by atoms with E-state index in [1.807, 2.05) is 24.3 Å². The van der Waals surface area contributed by atoms with Crippen LogP contribution in [0, 0.1) is 6.92 Å². The van der Waals surface area contributed by atoms with Gasteiger partial charge in [0.2, 0.25) is 5.91 Å². The minimum Gasteiger partial charge on any atom is -0.464 e. The number of carbonyl (C=O) groups is 2. The van der Waals surface area contributed by atoms with Crippen molar-refractivity contribution in [1.82, 2.24) is 9.78 Å². The average molecular weight is 366 g/mol. The van der Waals surface area contributed by atoms with E-state index in [0.29, 0.717) is 11.4 Å². The van der Waals surface area contributed by atoms with E-state index in [0.717, 1.165) is 10.0 Å². The van der Waals surface area contributed by atoms with Crippen LogP contribution in [0.3, 0.4) is 0 Å². The van der Waals surface area contributed by atoms with Gasteiger partial charge in [0.15, 0.2) is 5.69 Å². The Labute approximate surface area is 136 Å². The molecule has 0 aliphatic heterocycles. The molecule has 1 aromatic heterocycles. The summed E-state index contributed by atoms with van der Waals surface area (Å²) in [7, 11) is 2.92. The smallest absolute Gasteiger partial charge is 0.358 e. The van der Waals surface area contributed by atoms with Gasteiger partial charge in [0, 0.05) is 11.5 Å². The summed E-state index contributed by atoms with van der Waals surface area (Å²) < 4.78 is 7.08. The standard InChI is InChI=1S/C15H16BrN3O3/c1-9-13(14(15(21)22-3)19(2)18-9)17-12(20)8-10-4-6-11(16)7-5-10/h4-7H,8H2,1-3H3,(H,17,20). The number of esters is 1. The molecule has 6 nitrogen and oxygen atoms in total. The van der Waals surface area contributed by atoms with Gasteiger partial charge in [-0.15, -0.1) is 0 Å². The lowest BCUT2D eigenvalue weighted by Gasteiger charge is -2.07. The van der Waals surface area contributed by atoms with Gasteiger partial charge in [0.25, 0.3) is 0 Å². The Balaban J connectivity index is 2.18. The van der Waals surface area contributed by atoms with E-state index >= 15 is 0 Å². The van der Waals surface area contributed by atoms with Gasteiger partial charge in [-0.05, 0) is 24.6 Å². The maximum absolute atomic E-state index is 12.2. The van der Waals surface area contributed by atoms with Crippen LogP contribution in [0.25, 0.3) is 0 Å². The molecule has 0 bridgehead atoms. The summed E-state index contributed by atoms with van der Waals surface area (Å²) in [6.45, 7) is 1.72. The summed E-state index contributed by atoms with van der Waals surface area (Å²) >= 11 is 3.35. The number of nitrogens with one attached hydrogen (secondary N) is 1. The first-order valence-corrected chi connectivity index (χ1v) is 7.38. The number of carbonyl (C=O) groups excluding carboxylic acids is 2. The highest BCUT2D eigenvalue weighted by Gasteiger charge is 2.22. The van der Waals surface area contributed by atoms with Crippen molar-refractivity contribution in [1.29, 1.82) is 0 Å². The number of rotatable bonds is 4. The van der Waals surface area contributed by atoms with Gasteiger partial charge >= 0.3 is 5.97 Å². The van der Waals surface area contributed by atoms with Crippen molar-refractivity contribution in [2.24, 2.45) is 7.05 Å². The van der Waals surface area contributed by atoms with E-state index in [1.54, 1.807) is 14.0 Å². The maximum Gasteiger partial charge on any atom is 0.358 e. The SMILES string of the molecule is COC(=O)c1c(NC(=O)Cc2ccc(Br)cc2)c(C)nn1C. The predicted molar refractivity (Wildman–Crippen MR) is 85.8 cm³/mol. The number of hydrogen-bond donors (Lipinski definition) is 1. The Morgan fingerprint density at radius 3 is 2.55 bits per heavy atom. The molecular formula is C15H16BrN3O3. The second kappa shape index (κ2) is 6.74. The fourth-order valence-electron chi connectivity index (χ4n) is 2.11. The number of aryl methyl sites for hydroxylation is 2. The molecule has 0 fully saturated rings. The molecule has 2 aromatic rings. The molecule has 1 heterocycles. The van der Waals surface area contributed by atoms with Crippen molar-refractivity contribution in [3.63, 3.8) is 0 Å². The van der Waals surface area contributed by atoms with E-state index < -0.39 is 5.97 Å². The van der Waals surface area contributed by atoms with Crippen LogP contribution in [-0.2, 0) is 23.0 Å². The van der Waals surface area contributed by atoms with Crippen molar-refractivity contribution in [3.8, 4) is 0 Å². The first kappa shape index (κ1) is 16.2. The van der Waals surface area contributed by atoms with E-state index in [4.69, 9.17) is 4.74 Å².